The van der Waals surface area contributed by atoms with E-state index in [-0.39, 0.29) is 12.3 Å². The van der Waals surface area contributed by atoms with Crippen LogP contribution in [-0.2, 0) is 16.0 Å². The van der Waals surface area contributed by atoms with E-state index in [9.17, 15) is 9.59 Å². The third-order valence-electron chi connectivity index (χ3n) is 3.78. The van der Waals surface area contributed by atoms with Crippen LogP contribution >= 0.6 is 0 Å². The highest BCUT2D eigenvalue weighted by molar-refractivity contribution is 6.01. The molecular formula is C20H23NO5. The second kappa shape index (κ2) is 9.46. The smallest absolute Gasteiger partial charge is 0.339 e. The summed E-state index contributed by atoms with van der Waals surface area (Å²) in [6.07, 6.45) is 0.807. The van der Waals surface area contributed by atoms with Gasteiger partial charge in [-0.1, -0.05) is 18.2 Å². The minimum atomic E-state index is -0.489. The van der Waals surface area contributed by atoms with Crippen molar-refractivity contribution in [2.75, 3.05) is 26.1 Å². The highest BCUT2D eigenvalue weighted by atomic mass is 16.5. The van der Waals surface area contributed by atoms with Crippen LogP contribution in [0.1, 0.15) is 29.3 Å². The Bertz CT molecular complexity index is 773. The number of methoxy groups -OCH3 is 2. The van der Waals surface area contributed by atoms with Crippen molar-refractivity contribution in [3.05, 3.63) is 53.6 Å². The van der Waals surface area contributed by atoms with Gasteiger partial charge in [-0.05, 0) is 43.2 Å². The summed E-state index contributed by atoms with van der Waals surface area (Å²) in [4.78, 5) is 24.0. The number of carbonyl (C=O) groups excluding carboxylic acids is 2. The van der Waals surface area contributed by atoms with Gasteiger partial charge in [-0.25, -0.2) is 4.79 Å². The molecule has 1 N–H and O–H groups in total. The molecule has 0 unspecified atom stereocenters. The first-order valence-corrected chi connectivity index (χ1v) is 8.36. The van der Waals surface area contributed by atoms with Crippen molar-refractivity contribution in [1.82, 2.24) is 0 Å². The second-order valence-electron chi connectivity index (χ2n) is 5.50. The molecule has 0 aliphatic rings. The van der Waals surface area contributed by atoms with Crippen LogP contribution in [0, 0.1) is 0 Å². The Hall–Kier alpha value is -3.02. The van der Waals surface area contributed by atoms with Gasteiger partial charge in [0.1, 0.15) is 0 Å². The van der Waals surface area contributed by atoms with Crippen LogP contribution in [-0.4, -0.2) is 32.7 Å². The van der Waals surface area contributed by atoms with E-state index in [1.807, 2.05) is 25.1 Å². The molecule has 2 aromatic carbocycles. The molecule has 2 aromatic rings. The molecule has 0 saturated carbocycles. The summed E-state index contributed by atoms with van der Waals surface area (Å²) >= 11 is 0. The number of rotatable bonds is 8. The summed E-state index contributed by atoms with van der Waals surface area (Å²) < 4.78 is 15.5. The number of hydrogen-bond donors (Lipinski definition) is 1. The van der Waals surface area contributed by atoms with Crippen molar-refractivity contribution in [3.8, 4) is 11.5 Å². The van der Waals surface area contributed by atoms with Gasteiger partial charge in [-0.15, -0.1) is 0 Å². The number of aryl methyl sites for hydroxylation is 1. The summed E-state index contributed by atoms with van der Waals surface area (Å²) in [5.74, 6) is 0.641. The number of amides is 1. The largest absolute Gasteiger partial charge is 0.493 e. The first kappa shape index (κ1) is 19.3. The van der Waals surface area contributed by atoms with Crippen molar-refractivity contribution in [1.29, 1.82) is 0 Å². The number of hydrogen-bond acceptors (Lipinski definition) is 5. The number of para-hydroxylation sites is 1. The zero-order valence-corrected chi connectivity index (χ0v) is 15.2. The van der Waals surface area contributed by atoms with E-state index in [1.165, 1.54) is 7.11 Å². The fourth-order valence-corrected chi connectivity index (χ4v) is 2.49. The van der Waals surface area contributed by atoms with E-state index >= 15 is 0 Å². The standard InChI is InChI=1S/C20H23NO5/c1-4-26-17-11-9-14(13-18(17)24-2)10-12-19(22)21-16-8-6-5-7-15(16)20(23)25-3/h5-9,11,13H,4,10,12H2,1-3H3,(H,21,22). The van der Waals surface area contributed by atoms with Gasteiger partial charge < -0.3 is 19.5 Å². The Kier molecular flexibility index (Phi) is 7.02. The van der Waals surface area contributed by atoms with Crippen LogP contribution < -0.4 is 14.8 Å². The second-order valence-corrected chi connectivity index (χ2v) is 5.50. The van der Waals surface area contributed by atoms with Crippen molar-refractivity contribution < 1.29 is 23.8 Å². The summed E-state index contributed by atoms with van der Waals surface area (Å²) in [6, 6.07) is 12.3. The number of carbonyl (C=O) groups is 2. The Labute approximate surface area is 153 Å². The number of esters is 1. The van der Waals surface area contributed by atoms with E-state index in [0.29, 0.717) is 35.8 Å². The molecule has 6 heteroatoms. The first-order valence-electron chi connectivity index (χ1n) is 8.36. The number of ether oxygens (including phenoxy) is 3. The lowest BCUT2D eigenvalue weighted by Crippen LogP contribution is -2.15. The third kappa shape index (κ3) is 4.99. The van der Waals surface area contributed by atoms with Gasteiger partial charge in [0, 0.05) is 6.42 Å². The van der Waals surface area contributed by atoms with Crippen molar-refractivity contribution in [2.24, 2.45) is 0 Å². The summed E-state index contributed by atoms with van der Waals surface area (Å²) in [7, 11) is 2.89. The average Bonchev–Trinajstić information content (AvgIpc) is 2.67. The van der Waals surface area contributed by atoms with Crippen LogP contribution in [0.2, 0.25) is 0 Å². The number of anilines is 1. The molecule has 0 spiro atoms. The zero-order chi connectivity index (χ0) is 18.9. The van der Waals surface area contributed by atoms with Crippen LogP contribution in [0.25, 0.3) is 0 Å². The molecule has 0 atom stereocenters. The molecular weight excluding hydrogens is 334 g/mol. The monoisotopic (exact) mass is 357 g/mol. The predicted molar refractivity (Wildman–Crippen MR) is 98.9 cm³/mol. The Balaban J connectivity index is 2.00. The van der Waals surface area contributed by atoms with Gasteiger partial charge in [-0.2, -0.15) is 0 Å². The molecule has 1 amide bonds. The Morgan fingerprint density at radius 1 is 1.04 bits per heavy atom. The topological polar surface area (TPSA) is 73.9 Å². The van der Waals surface area contributed by atoms with Crippen LogP contribution in [0.3, 0.4) is 0 Å². The molecule has 26 heavy (non-hydrogen) atoms. The van der Waals surface area contributed by atoms with E-state index in [2.05, 4.69) is 5.32 Å². The van der Waals surface area contributed by atoms with Crippen LogP contribution in [0.15, 0.2) is 42.5 Å². The SMILES string of the molecule is CCOc1ccc(CCC(=O)Nc2ccccc2C(=O)OC)cc1OC. The summed E-state index contributed by atoms with van der Waals surface area (Å²) in [5.41, 5.74) is 1.72. The molecule has 0 aliphatic carbocycles. The van der Waals surface area contributed by atoms with Gasteiger partial charge >= 0.3 is 5.97 Å². The molecule has 0 heterocycles. The van der Waals surface area contributed by atoms with E-state index in [4.69, 9.17) is 14.2 Å². The lowest BCUT2D eigenvalue weighted by atomic mass is 10.1. The number of nitrogens with one attached hydrogen (secondary N) is 1. The van der Waals surface area contributed by atoms with Gasteiger partial charge in [0.2, 0.25) is 5.91 Å². The maximum atomic E-state index is 12.3. The minimum Gasteiger partial charge on any atom is -0.493 e. The molecule has 6 nitrogen and oxygen atoms in total. The zero-order valence-electron chi connectivity index (χ0n) is 15.2. The lowest BCUT2D eigenvalue weighted by Gasteiger charge is -2.12. The van der Waals surface area contributed by atoms with Gasteiger partial charge in [0.25, 0.3) is 0 Å². The van der Waals surface area contributed by atoms with Gasteiger partial charge in [-0.3, -0.25) is 4.79 Å². The molecule has 0 bridgehead atoms. The maximum absolute atomic E-state index is 12.3. The van der Waals surface area contributed by atoms with E-state index in [1.54, 1.807) is 31.4 Å². The fraction of sp³-hybridized carbons (Fsp3) is 0.300. The van der Waals surface area contributed by atoms with Gasteiger partial charge in [0.05, 0.1) is 32.1 Å². The molecule has 0 saturated heterocycles. The van der Waals surface area contributed by atoms with Gasteiger partial charge in [0.15, 0.2) is 11.5 Å². The van der Waals surface area contributed by atoms with Crippen molar-refractivity contribution >= 4 is 17.6 Å². The maximum Gasteiger partial charge on any atom is 0.339 e. The predicted octanol–water partition coefficient (Wildman–Crippen LogP) is 3.45. The average molecular weight is 357 g/mol. The lowest BCUT2D eigenvalue weighted by molar-refractivity contribution is -0.116. The van der Waals surface area contributed by atoms with Crippen molar-refractivity contribution in [2.45, 2.75) is 19.8 Å². The highest BCUT2D eigenvalue weighted by Gasteiger charge is 2.13. The van der Waals surface area contributed by atoms with Crippen molar-refractivity contribution in [3.63, 3.8) is 0 Å². The normalized spacial score (nSPS) is 10.1. The first-order chi connectivity index (χ1) is 12.6. The molecule has 0 fully saturated rings. The minimum absolute atomic E-state index is 0.186. The molecule has 0 aromatic heterocycles. The summed E-state index contributed by atoms with van der Waals surface area (Å²) in [5, 5.41) is 2.76. The van der Waals surface area contributed by atoms with E-state index < -0.39 is 5.97 Å². The fourth-order valence-electron chi connectivity index (χ4n) is 2.49. The molecule has 0 radical (unpaired) electrons. The Morgan fingerprint density at radius 3 is 2.50 bits per heavy atom. The molecule has 2 rings (SSSR count). The highest BCUT2D eigenvalue weighted by Crippen LogP contribution is 2.28. The summed E-state index contributed by atoms with van der Waals surface area (Å²) in [6.45, 7) is 2.46. The quantitative estimate of drug-likeness (QED) is 0.733. The molecule has 0 aliphatic heterocycles. The molecule has 138 valence electrons. The Morgan fingerprint density at radius 2 is 1.81 bits per heavy atom. The van der Waals surface area contributed by atoms with E-state index in [0.717, 1.165) is 5.56 Å². The van der Waals surface area contributed by atoms with Crippen LogP contribution in [0.5, 0.6) is 11.5 Å². The number of benzene rings is 2. The third-order valence-corrected chi connectivity index (χ3v) is 3.78. The van der Waals surface area contributed by atoms with Crippen LogP contribution in [0.4, 0.5) is 5.69 Å².